The van der Waals surface area contributed by atoms with E-state index in [2.05, 4.69) is 36.1 Å². The van der Waals surface area contributed by atoms with Crippen molar-refractivity contribution in [2.75, 3.05) is 0 Å². The van der Waals surface area contributed by atoms with Gasteiger partial charge in [-0.1, -0.05) is 11.6 Å². The highest BCUT2D eigenvalue weighted by Gasteiger charge is 2.09. The molecule has 6 heteroatoms. The van der Waals surface area contributed by atoms with Crippen molar-refractivity contribution in [3.05, 3.63) is 52.8 Å². The minimum absolute atomic E-state index is 0.290. The molecule has 2 heterocycles. The molecule has 3 aromatic rings. The molecule has 0 aliphatic heterocycles. The number of hydrogen-bond donors (Lipinski definition) is 0. The molecule has 0 aliphatic carbocycles. The maximum Gasteiger partial charge on any atom is 0.157 e. The number of benzene rings is 1. The van der Waals surface area contributed by atoms with Crippen LogP contribution in [-0.4, -0.2) is 14.8 Å². The molecule has 0 amide bonds. The van der Waals surface area contributed by atoms with Crippen LogP contribution < -0.4 is 0 Å². The van der Waals surface area contributed by atoms with Crippen molar-refractivity contribution < 1.29 is 0 Å². The molecule has 0 saturated carbocycles. The van der Waals surface area contributed by atoms with Crippen LogP contribution in [-0.2, 0) is 5.75 Å². The molecule has 2 aromatic heterocycles. The molecule has 116 valence electrons. The number of rotatable bonds is 4. The molecule has 0 atom stereocenters. The van der Waals surface area contributed by atoms with E-state index in [0.717, 1.165) is 27.2 Å². The molecule has 0 fully saturated rings. The highest BCUT2D eigenvalue weighted by atomic mass is 35.5. The van der Waals surface area contributed by atoms with Gasteiger partial charge in [-0.2, -0.15) is 10.4 Å². The Morgan fingerprint density at radius 3 is 2.83 bits per heavy atom. The standard InChI is InChI=1S/C17H15ClN4S/c1-11(2)22-17-14(9-21-22)5-13(8-20-17)10-23-16-4-3-12(7-19)6-15(16)18/h3-6,8-9,11H,10H2,1-2H3. The van der Waals surface area contributed by atoms with E-state index >= 15 is 0 Å². The largest absolute Gasteiger partial charge is 0.245 e. The number of fused-ring (bicyclic) bond motifs is 1. The van der Waals surface area contributed by atoms with Crippen molar-refractivity contribution >= 4 is 34.4 Å². The Hall–Kier alpha value is -2.03. The van der Waals surface area contributed by atoms with Crippen LogP contribution >= 0.6 is 23.4 Å². The molecular weight excluding hydrogens is 328 g/mol. The lowest BCUT2D eigenvalue weighted by Gasteiger charge is -2.07. The summed E-state index contributed by atoms with van der Waals surface area (Å²) in [5.74, 6) is 0.765. The van der Waals surface area contributed by atoms with E-state index in [1.54, 1.807) is 23.9 Å². The number of pyridine rings is 1. The summed E-state index contributed by atoms with van der Waals surface area (Å²) in [5, 5.41) is 14.9. The third-order valence-corrected chi connectivity index (χ3v) is 5.00. The van der Waals surface area contributed by atoms with E-state index in [0.29, 0.717) is 10.6 Å². The summed E-state index contributed by atoms with van der Waals surface area (Å²) in [7, 11) is 0. The fraction of sp³-hybridized carbons (Fsp3) is 0.235. The number of hydrogen-bond acceptors (Lipinski definition) is 4. The second-order valence-electron chi connectivity index (χ2n) is 5.48. The van der Waals surface area contributed by atoms with Crippen LogP contribution in [0.2, 0.25) is 5.02 Å². The maximum atomic E-state index is 8.87. The van der Waals surface area contributed by atoms with Gasteiger partial charge in [0.2, 0.25) is 0 Å². The molecule has 0 saturated heterocycles. The van der Waals surface area contributed by atoms with Crippen LogP contribution in [0.15, 0.2) is 41.6 Å². The van der Waals surface area contributed by atoms with Crippen molar-refractivity contribution in [1.82, 2.24) is 14.8 Å². The number of thioether (sulfide) groups is 1. The summed E-state index contributed by atoms with van der Waals surface area (Å²) in [6.07, 6.45) is 3.73. The molecule has 0 radical (unpaired) electrons. The van der Waals surface area contributed by atoms with E-state index in [-0.39, 0.29) is 6.04 Å². The van der Waals surface area contributed by atoms with Crippen molar-refractivity contribution in [2.24, 2.45) is 0 Å². The van der Waals surface area contributed by atoms with E-state index in [4.69, 9.17) is 16.9 Å². The molecule has 3 rings (SSSR count). The van der Waals surface area contributed by atoms with Crippen LogP contribution in [0.25, 0.3) is 11.0 Å². The molecule has 0 spiro atoms. The van der Waals surface area contributed by atoms with Gasteiger partial charge in [0.25, 0.3) is 0 Å². The Bertz CT molecular complexity index is 895. The van der Waals surface area contributed by atoms with Crippen molar-refractivity contribution in [1.29, 1.82) is 5.26 Å². The first-order valence-corrected chi connectivity index (χ1v) is 8.59. The zero-order chi connectivity index (χ0) is 16.4. The fourth-order valence-electron chi connectivity index (χ4n) is 2.29. The van der Waals surface area contributed by atoms with Gasteiger partial charge in [-0.25, -0.2) is 9.67 Å². The van der Waals surface area contributed by atoms with Crippen LogP contribution in [0.4, 0.5) is 0 Å². The van der Waals surface area contributed by atoms with Gasteiger partial charge in [-0.3, -0.25) is 0 Å². The molecule has 0 unspecified atom stereocenters. The Labute approximate surface area is 144 Å². The predicted molar refractivity (Wildman–Crippen MR) is 93.6 cm³/mol. The molecule has 0 bridgehead atoms. The first-order valence-electron chi connectivity index (χ1n) is 7.23. The second-order valence-corrected chi connectivity index (χ2v) is 6.91. The molecule has 0 N–H and O–H groups in total. The molecular formula is C17H15ClN4S. The smallest absolute Gasteiger partial charge is 0.157 e. The van der Waals surface area contributed by atoms with Gasteiger partial charge in [0.1, 0.15) is 0 Å². The molecule has 1 aromatic carbocycles. The monoisotopic (exact) mass is 342 g/mol. The van der Waals surface area contributed by atoms with E-state index in [9.17, 15) is 0 Å². The van der Waals surface area contributed by atoms with E-state index in [1.807, 2.05) is 23.1 Å². The SMILES string of the molecule is CC(C)n1ncc2cc(CSc3ccc(C#N)cc3Cl)cnc21. The zero-order valence-corrected chi connectivity index (χ0v) is 14.4. The third-order valence-electron chi connectivity index (χ3n) is 3.43. The lowest BCUT2D eigenvalue weighted by molar-refractivity contribution is 0.546. The van der Waals surface area contributed by atoms with Gasteiger partial charge < -0.3 is 0 Å². The number of aromatic nitrogens is 3. The summed E-state index contributed by atoms with van der Waals surface area (Å²) in [6, 6.07) is 9.84. The maximum absolute atomic E-state index is 8.87. The van der Waals surface area contributed by atoms with E-state index in [1.165, 1.54) is 0 Å². The van der Waals surface area contributed by atoms with Crippen LogP contribution in [0.1, 0.15) is 31.0 Å². The van der Waals surface area contributed by atoms with Crippen molar-refractivity contribution in [3.63, 3.8) is 0 Å². The quantitative estimate of drug-likeness (QED) is 0.637. The van der Waals surface area contributed by atoms with Gasteiger partial charge in [0.15, 0.2) is 5.65 Å². The summed E-state index contributed by atoms with van der Waals surface area (Å²) in [6.45, 7) is 4.18. The van der Waals surface area contributed by atoms with Gasteiger partial charge in [0, 0.05) is 28.3 Å². The lowest BCUT2D eigenvalue weighted by atomic mass is 10.2. The van der Waals surface area contributed by atoms with Crippen LogP contribution in [0, 0.1) is 11.3 Å². The Kier molecular flexibility index (Phi) is 4.56. The topological polar surface area (TPSA) is 54.5 Å². The third kappa shape index (κ3) is 3.34. The minimum atomic E-state index is 0.290. The first kappa shape index (κ1) is 15.9. The number of halogens is 1. The van der Waals surface area contributed by atoms with Gasteiger partial charge in [0.05, 0.1) is 22.9 Å². The summed E-state index contributed by atoms with van der Waals surface area (Å²) in [4.78, 5) is 5.50. The van der Waals surface area contributed by atoms with Gasteiger partial charge in [-0.15, -0.1) is 11.8 Å². The normalized spacial score (nSPS) is 11.1. The lowest BCUT2D eigenvalue weighted by Crippen LogP contribution is -2.03. The average molecular weight is 343 g/mol. The molecule has 4 nitrogen and oxygen atoms in total. The highest BCUT2D eigenvalue weighted by Crippen LogP contribution is 2.31. The predicted octanol–water partition coefficient (Wildman–Crippen LogP) is 4.83. The summed E-state index contributed by atoms with van der Waals surface area (Å²) in [5.41, 5.74) is 2.60. The molecule has 23 heavy (non-hydrogen) atoms. The summed E-state index contributed by atoms with van der Waals surface area (Å²) < 4.78 is 1.92. The van der Waals surface area contributed by atoms with Crippen molar-refractivity contribution in [3.8, 4) is 6.07 Å². The number of nitriles is 1. The fourth-order valence-corrected chi connectivity index (χ4v) is 3.48. The van der Waals surface area contributed by atoms with Crippen LogP contribution in [0.3, 0.4) is 0 Å². The first-order chi connectivity index (χ1) is 11.1. The summed E-state index contributed by atoms with van der Waals surface area (Å²) >= 11 is 7.84. The Morgan fingerprint density at radius 2 is 2.13 bits per heavy atom. The Balaban J connectivity index is 1.78. The van der Waals surface area contributed by atoms with E-state index < -0.39 is 0 Å². The minimum Gasteiger partial charge on any atom is -0.245 e. The number of nitrogens with zero attached hydrogens (tertiary/aromatic N) is 4. The zero-order valence-electron chi connectivity index (χ0n) is 12.8. The van der Waals surface area contributed by atoms with Crippen LogP contribution in [0.5, 0.6) is 0 Å². The van der Waals surface area contributed by atoms with Crippen molar-refractivity contribution in [2.45, 2.75) is 30.5 Å². The van der Waals surface area contributed by atoms with Gasteiger partial charge >= 0.3 is 0 Å². The van der Waals surface area contributed by atoms with Gasteiger partial charge in [-0.05, 0) is 43.7 Å². The average Bonchev–Trinajstić information content (AvgIpc) is 2.97. The highest BCUT2D eigenvalue weighted by molar-refractivity contribution is 7.98. The molecule has 0 aliphatic rings. The Morgan fingerprint density at radius 1 is 1.30 bits per heavy atom. The second kappa shape index (κ2) is 6.61.